The quantitative estimate of drug-likeness (QED) is 0.846. The van der Waals surface area contributed by atoms with Crippen molar-refractivity contribution in [1.29, 1.82) is 0 Å². The number of benzene rings is 2. The highest BCUT2D eigenvalue weighted by Gasteiger charge is 2.07. The number of sulfonamides is 1. The van der Waals surface area contributed by atoms with Gasteiger partial charge >= 0.3 is 0 Å². The Bertz CT molecular complexity index is 769. The van der Waals surface area contributed by atoms with Crippen LogP contribution in [0.3, 0.4) is 0 Å². The number of hydrogen-bond donors (Lipinski definition) is 2. The molecule has 0 atom stereocenters. The lowest BCUT2D eigenvalue weighted by atomic mass is 10.2. The third-order valence-electron chi connectivity index (χ3n) is 3.06. The minimum atomic E-state index is -3.32. The monoisotopic (exact) mass is 334 g/mol. The van der Waals surface area contributed by atoms with Crippen molar-refractivity contribution in [2.75, 3.05) is 18.1 Å². The molecule has 0 saturated heterocycles. The van der Waals surface area contributed by atoms with Gasteiger partial charge < -0.3 is 10.1 Å². The zero-order chi connectivity index (χ0) is 16.9. The van der Waals surface area contributed by atoms with E-state index in [-0.39, 0.29) is 5.91 Å². The summed E-state index contributed by atoms with van der Waals surface area (Å²) in [6.07, 6.45) is 1.07. The zero-order valence-corrected chi connectivity index (χ0v) is 13.7. The lowest BCUT2D eigenvalue weighted by Crippen LogP contribution is -2.22. The van der Waals surface area contributed by atoms with Crippen LogP contribution in [0.4, 0.5) is 5.69 Å². The number of nitrogens with one attached hydrogen (secondary N) is 2. The van der Waals surface area contributed by atoms with Gasteiger partial charge in [0.2, 0.25) is 10.0 Å². The van der Waals surface area contributed by atoms with Gasteiger partial charge in [-0.1, -0.05) is 12.1 Å². The van der Waals surface area contributed by atoms with Gasteiger partial charge in [-0.2, -0.15) is 0 Å². The molecule has 0 spiro atoms. The highest BCUT2D eigenvalue weighted by Crippen LogP contribution is 2.12. The van der Waals surface area contributed by atoms with Crippen LogP contribution in [-0.2, 0) is 16.6 Å². The Morgan fingerprint density at radius 1 is 1.04 bits per heavy atom. The minimum absolute atomic E-state index is 0.230. The molecular weight excluding hydrogens is 316 g/mol. The van der Waals surface area contributed by atoms with E-state index in [2.05, 4.69) is 10.0 Å². The molecule has 1 amide bonds. The van der Waals surface area contributed by atoms with E-state index in [9.17, 15) is 13.2 Å². The van der Waals surface area contributed by atoms with Gasteiger partial charge in [0.05, 0.1) is 13.4 Å². The van der Waals surface area contributed by atoms with Gasteiger partial charge in [-0.05, 0) is 42.0 Å². The number of carbonyl (C=O) groups excluding carboxylic acids is 1. The summed E-state index contributed by atoms with van der Waals surface area (Å²) in [6.45, 7) is 0.395. The van der Waals surface area contributed by atoms with E-state index in [0.29, 0.717) is 17.8 Å². The fourth-order valence-corrected chi connectivity index (χ4v) is 2.50. The third-order valence-corrected chi connectivity index (χ3v) is 3.67. The second-order valence-corrected chi connectivity index (χ2v) is 6.73. The van der Waals surface area contributed by atoms with Crippen LogP contribution in [0.5, 0.6) is 5.75 Å². The van der Waals surface area contributed by atoms with E-state index in [1.54, 1.807) is 31.4 Å². The van der Waals surface area contributed by atoms with Crippen molar-refractivity contribution in [2.24, 2.45) is 0 Å². The number of anilines is 1. The number of carbonyl (C=O) groups is 1. The molecule has 122 valence electrons. The zero-order valence-electron chi connectivity index (χ0n) is 12.9. The summed E-state index contributed by atoms with van der Waals surface area (Å²) in [4.78, 5) is 12.1. The van der Waals surface area contributed by atoms with Crippen LogP contribution in [-0.4, -0.2) is 27.7 Å². The second kappa shape index (κ2) is 7.15. The highest BCUT2D eigenvalue weighted by atomic mass is 32.2. The van der Waals surface area contributed by atoms with Gasteiger partial charge in [-0.25, -0.2) is 8.42 Å². The standard InChI is InChI=1S/C16H18N2O4S/c1-22-15-9-3-12(4-10-15)11-17-16(19)13-5-7-14(8-6-13)18-23(2,20)21/h3-10,18H,11H2,1-2H3,(H,17,19). The molecule has 2 N–H and O–H groups in total. The van der Waals surface area contributed by atoms with E-state index in [4.69, 9.17) is 4.74 Å². The second-order valence-electron chi connectivity index (χ2n) is 4.98. The molecule has 0 radical (unpaired) electrons. The van der Waals surface area contributed by atoms with Crippen LogP contribution in [0, 0.1) is 0 Å². The Balaban J connectivity index is 1.94. The van der Waals surface area contributed by atoms with E-state index in [1.807, 2.05) is 24.3 Å². The van der Waals surface area contributed by atoms with Gasteiger partial charge in [0.25, 0.3) is 5.91 Å². The molecule has 0 aromatic heterocycles. The number of hydrogen-bond acceptors (Lipinski definition) is 4. The van der Waals surface area contributed by atoms with Crippen LogP contribution in [0.1, 0.15) is 15.9 Å². The van der Waals surface area contributed by atoms with Crippen molar-refractivity contribution >= 4 is 21.6 Å². The average Bonchev–Trinajstić information content (AvgIpc) is 2.52. The summed E-state index contributed by atoms with van der Waals surface area (Å²) >= 11 is 0. The van der Waals surface area contributed by atoms with E-state index < -0.39 is 10.0 Å². The lowest BCUT2D eigenvalue weighted by molar-refractivity contribution is 0.0951. The summed E-state index contributed by atoms with van der Waals surface area (Å²) in [5.41, 5.74) is 1.83. The summed E-state index contributed by atoms with van der Waals surface area (Å²) in [5, 5.41) is 2.80. The Morgan fingerprint density at radius 2 is 1.65 bits per heavy atom. The van der Waals surface area contributed by atoms with E-state index in [1.165, 1.54) is 0 Å². The summed E-state index contributed by atoms with van der Waals surface area (Å²) in [6, 6.07) is 13.6. The molecule has 2 rings (SSSR count). The molecule has 0 aliphatic heterocycles. The molecular formula is C16H18N2O4S. The molecule has 0 aliphatic carbocycles. The Morgan fingerprint density at radius 3 is 2.17 bits per heavy atom. The molecule has 0 saturated carbocycles. The van der Waals surface area contributed by atoms with Gasteiger partial charge in [0, 0.05) is 17.8 Å². The van der Waals surface area contributed by atoms with Crippen molar-refractivity contribution < 1.29 is 17.9 Å². The molecule has 0 bridgehead atoms. The molecule has 7 heteroatoms. The highest BCUT2D eigenvalue weighted by molar-refractivity contribution is 7.92. The first-order chi connectivity index (χ1) is 10.9. The van der Waals surface area contributed by atoms with Crippen LogP contribution in [0.25, 0.3) is 0 Å². The normalized spacial score (nSPS) is 10.9. The topological polar surface area (TPSA) is 84.5 Å². The number of rotatable bonds is 6. The summed E-state index contributed by atoms with van der Waals surface area (Å²) < 4.78 is 29.7. The largest absolute Gasteiger partial charge is 0.497 e. The Labute approximate surface area is 135 Å². The van der Waals surface area contributed by atoms with Crippen LogP contribution < -0.4 is 14.8 Å². The molecule has 0 fully saturated rings. The summed E-state index contributed by atoms with van der Waals surface area (Å²) in [7, 11) is -1.73. The molecule has 0 heterocycles. The van der Waals surface area contributed by atoms with Gasteiger partial charge in [-0.3, -0.25) is 9.52 Å². The predicted octanol–water partition coefficient (Wildman–Crippen LogP) is 2.00. The van der Waals surface area contributed by atoms with Gasteiger partial charge in [-0.15, -0.1) is 0 Å². The fourth-order valence-electron chi connectivity index (χ4n) is 1.93. The predicted molar refractivity (Wildman–Crippen MR) is 89.1 cm³/mol. The first kappa shape index (κ1) is 16.8. The third kappa shape index (κ3) is 5.30. The molecule has 6 nitrogen and oxygen atoms in total. The molecule has 23 heavy (non-hydrogen) atoms. The van der Waals surface area contributed by atoms with Crippen molar-refractivity contribution in [3.8, 4) is 5.75 Å². The number of amides is 1. The number of ether oxygens (including phenoxy) is 1. The number of methoxy groups -OCH3 is 1. The first-order valence-electron chi connectivity index (χ1n) is 6.86. The van der Waals surface area contributed by atoms with Gasteiger partial charge in [0.1, 0.15) is 5.75 Å². The maximum atomic E-state index is 12.1. The van der Waals surface area contributed by atoms with Crippen LogP contribution in [0.15, 0.2) is 48.5 Å². The Kier molecular flexibility index (Phi) is 5.23. The first-order valence-corrected chi connectivity index (χ1v) is 8.75. The minimum Gasteiger partial charge on any atom is -0.497 e. The average molecular weight is 334 g/mol. The summed E-state index contributed by atoms with van der Waals surface area (Å²) in [5.74, 6) is 0.528. The Hall–Kier alpha value is -2.54. The van der Waals surface area contributed by atoms with Crippen molar-refractivity contribution in [3.05, 3.63) is 59.7 Å². The lowest BCUT2D eigenvalue weighted by Gasteiger charge is -2.08. The van der Waals surface area contributed by atoms with Gasteiger partial charge in [0.15, 0.2) is 0 Å². The van der Waals surface area contributed by atoms with E-state index in [0.717, 1.165) is 17.6 Å². The maximum Gasteiger partial charge on any atom is 0.251 e. The van der Waals surface area contributed by atoms with Crippen molar-refractivity contribution in [2.45, 2.75) is 6.54 Å². The van der Waals surface area contributed by atoms with Crippen molar-refractivity contribution in [1.82, 2.24) is 5.32 Å². The van der Waals surface area contributed by atoms with Crippen LogP contribution >= 0.6 is 0 Å². The van der Waals surface area contributed by atoms with Crippen molar-refractivity contribution in [3.63, 3.8) is 0 Å². The smallest absolute Gasteiger partial charge is 0.251 e. The van der Waals surface area contributed by atoms with Crippen LogP contribution in [0.2, 0.25) is 0 Å². The van der Waals surface area contributed by atoms with E-state index >= 15 is 0 Å². The fraction of sp³-hybridized carbons (Fsp3) is 0.188. The molecule has 2 aromatic rings. The SMILES string of the molecule is COc1ccc(CNC(=O)c2ccc(NS(C)(=O)=O)cc2)cc1. The molecule has 2 aromatic carbocycles. The molecule has 0 unspecified atom stereocenters. The molecule has 0 aliphatic rings. The maximum absolute atomic E-state index is 12.1.